The highest BCUT2D eigenvalue weighted by Gasteiger charge is 2.11. The predicted octanol–water partition coefficient (Wildman–Crippen LogP) is 1.05. The van der Waals surface area contributed by atoms with Crippen molar-refractivity contribution in [3.8, 4) is 0 Å². The number of carbonyl (C=O) groups excluding carboxylic acids is 1. The lowest BCUT2D eigenvalue weighted by Gasteiger charge is -2.09. The summed E-state index contributed by atoms with van der Waals surface area (Å²) >= 11 is 0. The summed E-state index contributed by atoms with van der Waals surface area (Å²) < 4.78 is 0. The number of nitrogens with zero attached hydrogens (tertiary/aromatic N) is 3. The first-order chi connectivity index (χ1) is 12.2. The molecule has 2 amide bonds. The van der Waals surface area contributed by atoms with Gasteiger partial charge in [-0.25, -0.2) is 15.6 Å². The predicted molar refractivity (Wildman–Crippen MR) is 118 cm³/mol. The zero-order valence-electron chi connectivity index (χ0n) is 18.8. The molecule has 0 rings (SSSR count). The van der Waals surface area contributed by atoms with Gasteiger partial charge in [-0.15, -0.1) is 0 Å². The zero-order valence-corrected chi connectivity index (χ0v) is 18.8. The lowest BCUT2D eigenvalue weighted by molar-refractivity contribution is -0.549. The molecule has 0 aromatic heterocycles. The first-order valence-electron chi connectivity index (χ1n) is 8.64. The molecule has 28 heavy (non-hydrogen) atoms. The Bertz CT molecular complexity index is 506. The van der Waals surface area contributed by atoms with Gasteiger partial charge in [-0.2, -0.15) is 21.9 Å². The highest BCUT2D eigenvalue weighted by Crippen LogP contribution is 2.08. The van der Waals surface area contributed by atoms with E-state index in [2.05, 4.69) is 21.1 Å². The van der Waals surface area contributed by atoms with E-state index < -0.39 is 6.03 Å². The van der Waals surface area contributed by atoms with Crippen molar-refractivity contribution in [2.75, 3.05) is 0 Å². The number of carbonyl (C=O) groups is 1. The molecule has 0 bridgehead atoms. The van der Waals surface area contributed by atoms with Crippen molar-refractivity contribution in [2.45, 2.75) is 62.3 Å². The third-order valence-electron chi connectivity index (χ3n) is 1.80. The molecule has 0 unspecified atom stereocenters. The average molecular weight is 402 g/mol. The van der Waals surface area contributed by atoms with Crippen LogP contribution in [-0.4, -0.2) is 35.4 Å². The van der Waals surface area contributed by atoms with Gasteiger partial charge in [0.1, 0.15) is 0 Å². The Labute approximate surface area is 169 Å². The van der Waals surface area contributed by atoms with Crippen LogP contribution in [0.3, 0.4) is 0 Å². The van der Waals surface area contributed by atoms with Crippen LogP contribution >= 0.6 is 0 Å². The molecule has 0 aliphatic carbocycles. The Kier molecular flexibility index (Phi) is 14.2. The van der Waals surface area contributed by atoms with E-state index in [1.54, 1.807) is 18.6 Å². The average Bonchev–Trinajstić information content (AvgIpc) is 2.32. The van der Waals surface area contributed by atoms with Gasteiger partial charge in [0.25, 0.3) is 0 Å². The summed E-state index contributed by atoms with van der Waals surface area (Å²) in [5.41, 5.74) is 14.3. The van der Waals surface area contributed by atoms with Crippen molar-refractivity contribution < 1.29 is 9.59 Å². The number of amides is 2. The van der Waals surface area contributed by atoms with Crippen LogP contribution in [0.25, 0.3) is 0 Å². The van der Waals surface area contributed by atoms with Gasteiger partial charge in [0, 0.05) is 17.8 Å². The van der Waals surface area contributed by atoms with Gasteiger partial charge in [0.15, 0.2) is 0 Å². The lowest BCUT2D eigenvalue weighted by atomic mass is 9.99. The van der Waals surface area contributed by atoms with Crippen LogP contribution < -0.4 is 34.0 Å². The van der Waals surface area contributed by atoms with E-state index in [0.29, 0.717) is 0 Å². The number of guanidine groups is 1. The molecule has 0 aliphatic heterocycles. The van der Waals surface area contributed by atoms with Gasteiger partial charge >= 0.3 is 6.03 Å². The number of primary amides is 1. The highest BCUT2D eigenvalue weighted by molar-refractivity contribution is 5.75. The molecule has 11 heteroatoms. The van der Waals surface area contributed by atoms with E-state index in [1.165, 1.54) is 0 Å². The lowest BCUT2D eigenvalue weighted by Crippen LogP contribution is -2.32. The molecule has 0 saturated heterocycles. The minimum absolute atomic E-state index is 0.0253. The van der Waals surface area contributed by atoms with Crippen LogP contribution in [-0.2, 0) is 0 Å². The fourth-order valence-corrected chi connectivity index (χ4v) is 1.03. The monoisotopic (exact) mass is 401 g/mol. The van der Waals surface area contributed by atoms with Gasteiger partial charge in [-0.1, -0.05) is 62.3 Å². The molecule has 0 saturated carbocycles. The van der Waals surface area contributed by atoms with E-state index in [9.17, 15) is 4.79 Å². The summed E-state index contributed by atoms with van der Waals surface area (Å²) in [5.74, 6) is 10.1. The van der Waals surface area contributed by atoms with Crippen molar-refractivity contribution in [1.29, 1.82) is 5.41 Å². The summed E-state index contributed by atoms with van der Waals surface area (Å²) in [6, 6.07) is -0.638. The normalized spacial score (nSPS) is 11.6. The van der Waals surface area contributed by atoms with Crippen molar-refractivity contribution >= 4 is 30.6 Å². The number of hydrogen-bond acceptors (Lipinski definition) is 6. The van der Waals surface area contributed by atoms with Gasteiger partial charge in [-0.05, 0) is 15.6 Å². The Balaban J connectivity index is -0.000000337. The van der Waals surface area contributed by atoms with Crippen LogP contribution in [0.2, 0.25) is 0 Å². The number of rotatable bonds is 2. The summed E-state index contributed by atoms with van der Waals surface area (Å²) in [5, 5.41) is 14.1. The Hall–Kier alpha value is -2.85. The largest absolute Gasteiger partial charge is 0.369 e. The maximum atomic E-state index is 10.1. The van der Waals surface area contributed by atoms with Crippen molar-refractivity contribution in [3.05, 3.63) is 0 Å². The molecule has 11 nitrogen and oxygen atoms in total. The topological polar surface area (TPSA) is 197 Å². The summed E-state index contributed by atoms with van der Waals surface area (Å²) in [7, 11) is 0. The van der Waals surface area contributed by atoms with Gasteiger partial charge < -0.3 is 11.5 Å². The molecule has 0 atom stereocenters. The van der Waals surface area contributed by atoms with Crippen LogP contribution in [0.15, 0.2) is 10.2 Å². The van der Waals surface area contributed by atoms with Crippen molar-refractivity contribution in [2.24, 2.45) is 49.6 Å². The number of nitrogens with one attached hydrogen (secondary N) is 3. The first kappa shape index (κ1) is 29.9. The van der Waals surface area contributed by atoms with Gasteiger partial charge in [-0.3, -0.25) is 5.41 Å². The molecule has 0 aromatic carbocycles. The summed E-state index contributed by atoms with van der Waals surface area (Å²) in [6.07, 6.45) is 5.07. The summed E-state index contributed by atoms with van der Waals surface area (Å²) in [6.45, 7) is 18.0. The Morgan fingerprint density at radius 2 is 1.18 bits per heavy atom. The second kappa shape index (κ2) is 13.3. The molecule has 11 N–H and O–H groups in total. The minimum atomic E-state index is -0.638. The van der Waals surface area contributed by atoms with Gasteiger partial charge in [0.05, 0.1) is 0 Å². The number of hydrogen-bond donors (Lipinski definition) is 7. The molecular weight excluding hydrogens is 360 g/mol. The zero-order chi connectivity index (χ0) is 23.2. The minimum Gasteiger partial charge on any atom is -0.369 e. The van der Waals surface area contributed by atoms with E-state index >= 15 is 0 Å². The van der Waals surface area contributed by atoms with Crippen molar-refractivity contribution in [1.82, 2.24) is 10.9 Å². The molecular formula is C17H41N10O+. The standard InChI is InChI=1S/C6H14N4.C6H13N3O.C5H14N3/c1-6(2,3)4-9-10-5(7)8;1-6(2,3)4-8-9-5(7)10;1-5(2,3)4-8(6)7/h4H,1-3H3,(H4,7,8,10);4H,1-3H3,(H3,7,9,10);4H,6-7H2,1-3H3/q;;+1/b9-4+;8-4+;. The third-order valence-corrected chi connectivity index (χ3v) is 1.80. The van der Waals surface area contributed by atoms with Crippen LogP contribution in [0.5, 0.6) is 0 Å². The first-order valence-corrected chi connectivity index (χ1v) is 8.64. The van der Waals surface area contributed by atoms with Crippen molar-refractivity contribution in [3.63, 3.8) is 0 Å². The van der Waals surface area contributed by atoms with Crippen LogP contribution in [0.1, 0.15) is 62.3 Å². The summed E-state index contributed by atoms with van der Waals surface area (Å²) in [4.78, 5) is 11.2. The fourth-order valence-electron chi connectivity index (χ4n) is 1.03. The molecule has 164 valence electrons. The highest BCUT2D eigenvalue weighted by atomic mass is 16.2. The SMILES string of the molecule is CC(C)(C)/C=N/NC(=N)N.CC(C)(C)/C=N/NC(N)=O.CC(C)(C)C=[N+](N)N. The maximum Gasteiger partial charge on any atom is 0.332 e. The second-order valence-electron chi connectivity index (χ2n) is 9.19. The van der Waals surface area contributed by atoms with E-state index in [1.807, 2.05) is 62.3 Å². The Morgan fingerprint density at radius 3 is 1.36 bits per heavy atom. The van der Waals surface area contributed by atoms with Crippen LogP contribution in [0.4, 0.5) is 4.79 Å². The molecule has 0 aliphatic rings. The molecule has 0 radical (unpaired) electrons. The number of nitrogens with two attached hydrogens (primary N) is 4. The smallest absolute Gasteiger partial charge is 0.332 e. The second-order valence-corrected chi connectivity index (χ2v) is 9.19. The molecule has 0 heterocycles. The van der Waals surface area contributed by atoms with E-state index in [4.69, 9.17) is 28.6 Å². The number of hydrazine groups is 2. The molecule has 0 spiro atoms. The number of hydrazone groups is 4. The van der Waals surface area contributed by atoms with Crippen LogP contribution in [0, 0.1) is 21.7 Å². The van der Waals surface area contributed by atoms with Gasteiger partial charge in [0.2, 0.25) is 12.2 Å². The molecule has 0 aromatic rings. The third kappa shape index (κ3) is 43.5. The van der Waals surface area contributed by atoms with E-state index in [0.717, 1.165) is 4.79 Å². The fraction of sp³-hybridized carbons (Fsp3) is 0.706. The molecule has 0 fully saturated rings. The quantitative estimate of drug-likeness (QED) is 0.119. The number of urea groups is 1. The maximum absolute atomic E-state index is 10.1. The Morgan fingerprint density at radius 1 is 0.821 bits per heavy atom. The van der Waals surface area contributed by atoms with E-state index in [-0.39, 0.29) is 22.2 Å².